The van der Waals surface area contributed by atoms with E-state index < -0.39 is 0 Å². The molecule has 0 saturated heterocycles. The summed E-state index contributed by atoms with van der Waals surface area (Å²) in [5.74, 6) is 0.603. The van der Waals surface area contributed by atoms with E-state index in [9.17, 15) is 4.79 Å². The minimum absolute atomic E-state index is 0.0374. The lowest BCUT2D eigenvalue weighted by Gasteiger charge is -1.98. The summed E-state index contributed by atoms with van der Waals surface area (Å²) in [6.07, 6.45) is 4.12. The normalized spacial score (nSPS) is 16.4. The van der Waals surface area contributed by atoms with E-state index in [1.54, 1.807) is 0 Å². The molecule has 0 radical (unpaired) electrons. The summed E-state index contributed by atoms with van der Waals surface area (Å²) in [7, 11) is 0. The standard InChI is InChI=1S/C9H15N3O/c10-5-1-2-7-8(6-3-4-6)11-12-9(7)13/h6H,1-5,10H2,(H2,11,12,13). The van der Waals surface area contributed by atoms with Crippen molar-refractivity contribution in [1.29, 1.82) is 0 Å². The van der Waals surface area contributed by atoms with Crippen LogP contribution in [-0.2, 0) is 6.42 Å². The average Bonchev–Trinajstić information content (AvgIpc) is 2.89. The van der Waals surface area contributed by atoms with Crippen molar-refractivity contribution in [2.45, 2.75) is 31.6 Å². The van der Waals surface area contributed by atoms with E-state index in [-0.39, 0.29) is 5.56 Å². The van der Waals surface area contributed by atoms with Crippen molar-refractivity contribution in [3.63, 3.8) is 0 Å². The number of nitrogens with two attached hydrogens (primary N) is 1. The zero-order chi connectivity index (χ0) is 9.26. The summed E-state index contributed by atoms with van der Waals surface area (Å²) in [5, 5.41) is 5.61. The smallest absolute Gasteiger partial charge is 0.267 e. The number of hydrogen-bond donors (Lipinski definition) is 3. The van der Waals surface area contributed by atoms with Crippen LogP contribution in [0.25, 0.3) is 0 Å². The molecule has 1 aromatic rings. The topological polar surface area (TPSA) is 74.7 Å². The molecule has 1 aliphatic rings. The average molecular weight is 181 g/mol. The van der Waals surface area contributed by atoms with E-state index in [0.717, 1.165) is 24.1 Å². The van der Waals surface area contributed by atoms with Crippen molar-refractivity contribution in [1.82, 2.24) is 10.2 Å². The minimum Gasteiger partial charge on any atom is -0.330 e. The van der Waals surface area contributed by atoms with E-state index in [0.29, 0.717) is 12.5 Å². The molecule has 72 valence electrons. The molecule has 1 saturated carbocycles. The number of aromatic amines is 2. The largest absolute Gasteiger partial charge is 0.330 e. The van der Waals surface area contributed by atoms with Gasteiger partial charge in [-0.3, -0.25) is 9.89 Å². The lowest BCUT2D eigenvalue weighted by atomic mass is 10.1. The fourth-order valence-electron chi connectivity index (χ4n) is 1.64. The van der Waals surface area contributed by atoms with Gasteiger partial charge in [-0.1, -0.05) is 0 Å². The van der Waals surface area contributed by atoms with E-state index in [2.05, 4.69) is 10.2 Å². The summed E-state index contributed by atoms with van der Waals surface area (Å²) >= 11 is 0. The Balaban J connectivity index is 2.19. The van der Waals surface area contributed by atoms with Crippen molar-refractivity contribution in [3.8, 4) is 0 Å². The van der Waals surface area contributed by atoms with Crippen LogP contribution < -0.4 is 11.3 Å². The highest BCUT2D eigenvalue weighted by Gasteiger charge is 2.28. The van der Waals surface area contributed by atoms with Gasteiger partial charge in [0, 0.05) is 17.2 Å². The van der Waals surface area contributed by atoms with Crippen LogP contribution in [0.2, 0.25) is 0 Å². The monoisotopic (exact) mass is 181 g/mol. The Morgan fingerprint density at radius 1 is 1.38 bits per heavy atom. The fourth-order valence-corrected chi connectivity index (χ4v) is 1.64. The maximum atomic E-state index is 11.4. The van der Waals surface area contributed by atoms with E-state index >= 15 is 0 Å². The highest BCUT2D eigenvalue weighted by atomic mass is 16.1. The second kappa shape index (κ2) is 3.38. The first-order valence-corrected chi connectivity index (χ1v) is 4.82. The first-order chi connectivity index (χ1) is 6.33. The third kappa shape index (κ3) is 1.67. The van der Waals surface area contributed by atoms with Crippen molar-refractivity contribution in [2.75, 3.05) is 6.54 Å². The van der Waals surface area contributed by atoms with Crippen LogP contribution in [0.4, 0.5) is 0 Å². The molecule has 0 spiro atoms. The fraction of sp³-hybridized carbons (Fsp3) is 0.667. The van der Waals surface area contributed by atoms with Crippen LogP contribution in [0.15, 0.2) is 4.79 Å². The third-order valence-corrected chi connectivity index (χ3v) is 2.53. The van der Waals surface area contributed by atoms with Gasteiger partial charge in [0.1, 0.15) is 0 Å². The highest BCUT2D eigenvalue weighted by Crippen LogP contribution is 2.39. The molecular weight excluding hydrogens is 166 g/mol. The van der Waals surface area contributed by atoms with Gasteiger partial charge in [-0.2, -0.15) is 0 Å². The van der Waals surface area contributed by atoms with Gasteiger partial charge in [0.25, 0.3) is 5.56 Å². The maximum absolute atomic E-state index is 11.4. The molecule has 1 fully saturated rings. The Kier molecular flexibility index (Phi) is 2.22. The van der Waals surface area contributed by atoms with E-state index in [1.807, 2.05) is 0 Å². The molecule has 0 aliphatic heterocycles. The van der Waals surface area contributed by atoms with Crippen molar-refractivity contribution in [3.05, 3.63) is 21.6 Å². The van der Waals surface area contributed by atoms with Crippen LogP contribution in [0.5, 0.6) is 0 Å². The number of nitrogens with one attached hydrogen (secondary N) is 2. The lowest BCUT2D eigenvalue weighted by Crippen LogP contribution is -2.09. The van der Waals surface area contributed by atoms with Crippen LogP contribution in [-0.4, -0.2) is 16.7 Å². The van der Waals surface area contributed by atoms with Gasteiger partial charge in [-0.15, -0.1) is 0 Å². The Bertz CT molecular complexity index is 335. The quantitative estimate of drug-likeness (QED) is 0.631. The molecule has 0 amide bonds. The zero-order valence-electron chi connectivity index (χ0n) is 7.60. The molecule has 1 heterocycles. The summed E-state index contributed by atoms with van der Waals surface area (Å²) in [4.78, 5) is 11.4. The molecule has 4 N–H and O–H groups in total. The predicted octanol–water partition coefficient (Wildman–Crippen LogP) is 0.472. The van der Waals surface area contributed by atoms with Crippen molar-refractivity contribution >= 4 is 0 Å². The first kappa shape index (κ1) is 8.56. The predicted molar refractivity (Wildman–Crippen MR) is 50.8 cm³/mol. The van der Waals surface area contributed by atoms with E-state index in [4.69, 9.17) is 5.73 Å². The molecule has 13 heavy (non-hydrogen) atoms. The third-order valence-electron chi connectivity index (χ3n) is 2.53. The molecule has 0 atom stereocenters. The van der Waals surface area contributed by atoms with Gasteiger partial charge in [-0.05, 0) is 32.2 Å². The van der Waals surface area contributed by atoms with Crippen LogP contribution >= 0.6 is 0 Å². The lowest BCUT2D eigenvalue weighted by molar-refractivity contribution is 0.816. The molecule has 4 nitrogen and oxygen atoms in total. The highest BCUT2D eigenvalue weighted by molar-refractivity contribution is 5.24. The Labute approximate surface area is 76.5 Å². The van der Waals surface area contributed by atoms with Gasteiger partial charge >= 0.3 is 0 Å². The summed E-state index contributed by atoms with van der Waals surface area (Å²) in [6.45, 7) is 0.648. The second-order valence-electron chi connectivity index (χ2n) is 3.64. The number of hydrogen-bond acceptors (Lipinski definition) is 2. The van der Waals surface area contributed by atoms with Crippen LogP contribution in [0.1, 0.15) is 36.4 Å². The SMILES string of the molecule is NCCCc1c(C2CC2)[nH][nH]c1=O. The van der Waals surface area contributed by atoms with Crippen LogP contribution in [0.3, 0.4) is 0 Å². The minimum atomic E-state index is 0.0374. The number of H-pyrrole nitrogens is 2. The van der Waals surface area contributed by atoms with Gasteiger partial charge in [0.05, 0.1) is 0 Å². The summed E-state index contributed by atoms with van der Waals surface area (Å²) in [5.41, 5.74) is 7.50. The van der Waals surface area contributed by atoms with Crippen LogP contribution in [0, 0.1) is 0 Å². The number of aromatic nitrogens is 2. The maximum Gasteiger partial charge on any atom is 0.267 e. The molecule has 0 bridgehead atoms. The summed E-state index contributed by atoms with van der Waals surface area (Å²) in [6, 6.07) is 0. The first-order valence-electron chi connectivity index (χ1n) is 4.82. The molecule has 1 aromatic heterocycles. The van der Waals surface area contributed by atoms with Gasteiger partial charge in [-0.25, -0.2) is 0 Å². The van der Waals surface area contributed by atoms with Crippen molar-refractivity contribution < 1.29 is 0 Å². The molecule has 0 unspecified atom stereocenters. The Morgan fingerprint density at radius 2 is 2.15 bits per heavy atom. The Morgan fingerprint density at radius 3 is 2.77 bits per heavy atom. The molecule has 0 aromatic carbocycles. The molecule has 4 heteroatoms. The number of rotatable bonds is 4. The second-order valence-corrected chi connectivity index (χ2v) is 3.64. The van der Waals surface area contributed by atoms with Gasteiger partial charge < -0.3 is 10.8 Å². The van der Waals surface area contributed by atoms with E-state index in [1.165, 1.54) is 12.8 Å². The molecule has 1 aliphatic carbocycles. The van der Waals surface area contributed by atoms with Gasteiger partial charge in [0.15, 0.2) is 0 Å². The molecule has 2 rings (SSSR count). The zero-order valence-corrected chi connectivity index (χ0v) is 7.60. The Hall–Kier alpha value is -1.03. The summed E-state index contributed by atoms with van der Waals surface area (Å²) < 4.78 is 0. The molecular formula is C9H15N3O. The van der Waals surface area contributed by atoms with Gasteiger partial charge in [0.2, 0.25) is 0 Å². The van der Waals surface area contributed by atoms with Crippen molar-refractivity contribution in [2.24, 2.45) is 5.73 Å².